The van der Waals surface area contributed by atoms with Crippen LogP contribution in [0.5, 0.6) is 0 Å². The number of rotatable bonds is 10. The number of carbonyl (C=O) groups is 1. The van der Waals surface area contributed by atoms with Crippen LogP contribution in [0, 0.1) is 6.92 Å². The minimum Gasteiger partial charge on any atom is -0.384 e. The lowest BCUT2D eigenvalue weighted by Crippen LogP contribution is -2.23. The highest BCUT2D eigenvalue weighted by Crippen LogP contribution is 2.16. The number of benzene rings is 1. The van der Waals surface area contributed by atoms with Gasteiger partial charge in [-0.3, -0.25) is 9.78 Å². The summed E-state index contributed by atoms with van der Waals surface area (Å²) in [5.74, 6) is 0.639. The van der Waals surface area contributed by atoms with Crippen molar-refractivity contribution in [2.45, 2.75) is 39.5 Å². The van der Waals surface area contributed by atoms with Crippen molar-refractivity contribution in [1.29, 1.82) is 0 Å². The summed E-state index contributed by atoms with van der Waals surface area (Å²) in [4.78, 5) is 15.5. The Morgan fingerprint density at radius 1 is 1.20 bits per heavy atom. The van der Waals surface area contributed by atoms with Crippen molar-refractivity contribution in [2.24, 2.45) is 0 Å². The number of anilines is 1. The molecule has 0 spiro atoms. The predicted octanol–water partition coefficient (Wildman–Crippen LogP) is 3.72. The van der Waals surface area contributed by atoms with E-state index < -0.39 is 0 Å². The molecule has 0 saturated carbocycles. The van der Waals surface area contributed by atoms with Crippen LogP contribution in [0.3, 0.4) is 0 Å². The number of aryl methyl sites for hydroxylation is 1. The molecule has 0 aliphatic heterocycles. The smallest absolute Gasteiger partial charge is 0.134 e. The summed E-state index contributed by atoms with van der Waals surface area (Å²) in [7, 11) is 0. The molecule has 0 bridgehead atoms. The van der Waals surface area contributed by atoms with E-state index in [1.165, 1.54) is 5.56 Å². The second-order valence-corrected chi connectivity index (χ2v) is 6.65. The highest BCUT2D eigenvalue weighted by atomic mass is 16.1. The largest absolute Gasteiger partial charge is 0.384 e. The monoisotopic (exact) mass is 339 g/mol. The number of nitrogens with one attached hydrogen (secondary N) is 2. The molecular formula is C21H29N3O. The Bertz CT molecular complexity index is 684. The first-order chi connectivity index (χ1) is 12.1. The maximum atomic E-state index is 11.3. The summed E-state index contributed by atoms with van der Waals surface area (Å²) in [5.41, 5.74) is 4.54. The number of hydrogen-bond donors (Lipinski definition) is 2. The normalized spacial score (nSPS) is 12.0. The van der Waals surface area contributed by atoms with Crippen LogP contribution in [-0.2, 0) is 11.2 Å². The van der Waals surface area contributed by atoms with Crippen molar-refractivity contribution in [3.05, 3.63) is 59.4 Å². The van der Waals surface area contributed by atoms with E-state index in [2.05, 4.69) is 40.7 Å². The lowest BCUT2D eigenvalue weighted by Gasteiger charge is -2.14. The van der Waals surface area contributed by atoms with E-state index in [1.54, 1.807) is 6.92 Å². The molecular weight excluding hydrogens is 310 g/mol. The van der Waals surface area contributed by atoms with Gasteiger partial charge in [0.2, 0.25) is 0 Å². The molecule has 2 N–H and O–H groups in total. The predicted molar refractivity (Wildman–Crippen MR) is 104 cm³/mol. The Hall–Kier alpha value is -2.20. The molecule has 1 heterocycles. The van der Waals surface area contributed by atoms with E-state index in [0.717, 1.165) is 43.0 Å². The van der Waals surface area contributed by atoms with E-state index in [0.29, 0.717) is 12.3 Å². The third-order valence-electron chi connectivity index (χ3n) is 4.28. The van der Waals surface area contributed by atoms with Crippen LogP contribution in [0.1, 0.15) is 43.0 Å². The van der Waals surface area contributed by atoms with Gasteiger partial charge in [-0.05, 0) is 56.0 Å². The van der Waals surface area contributed by atoms with Gasteiger partial charge in [0.05, 0.1) is 11.4 Å². The van der Waals surface area contributed by atoms with Crippen LogP contribution in [0.15, 0.2) is 42.6 Å². The topological polar surface area (TPSA) is 54.0 Å². The zero-order valence-corrected chi connectivity index (χ0v) is 15.5. The van der Waals surface area contributed by atoms with Crippen LogP contribution in [0.25, 0.3) is 0 Å². The molecule has 0 amide bonds. The van der Waals surface area contributed by atoms with Crippen LogP contribution >= 0.6 is 0 Å². The summed E-state index contributed by atoms with van der Waals surface area (Å²) in [5, 5.41) is 6.95. The van der Waals surface area contributed by atoms with E-state index >= 15 is 0 Å². The number of carbonyl (C=O) groups excluding carboxylic acids is 1. The average Bonchev–Trinajstić information content (AvgIpc) is 2.59. The molecule has 4 heteroatoms. The third kappa shape index (κ3) is 6.67. The highest BCUT2D eigenvalue weighted by Gasteiger charge is 2.07. The van der Waals surface area contributed by atoms with Crippen molar-refractivity contribution in [1.82, 2.24) is 10.3 Å². The zero-order valence-electron chi connectivity index (χ0n) is 15.5. The molecule has 134 valence electrons. The van der Waals surface area contributed by atoms with E-state index in [-0.39, 0.29) is 5.78 Å². The fourth-order valence-electron chi connectivity index (χ4n) is 2.84. The molecule has 1 atom stereocenters. The molecule has 0 saturated heterocycles. The van der Waals surface area contributed by atoms with Gasteiger partial charge in [-0.1, -0.05) is 31.2 Å². The Kier molecular flexibility index (Phi) is 7.61. The number of Topliss-reactive ketones (excluding diaryl/α,β-unsaturated/α-hetero) is 1. The summed E-state index contributed by atoms with van der Waals surface area (Å²) >= 11 is 0. The molecule has 1 unspecified atom stereocenters. The van der Waals surface area contributed by atoms with Crippen molar-refractivity contribution in [2.75, 3.05) is 25.0 Å². The number of pyridine rings is 1. The fraction of sp³-hybridized carbons (Fsp3) is 0.429. The summed E-state index contributed by atoms with van der Waals surface area (Å²) in [6, 6.07) is 12.4. The lowest BCUT2D eigenvalue weighted by molar-refractivity contribution is -0.116. The zero-order chi connectivity index (χ0) is 18.1. The molecule has 0 aliphatic rings. The Morgan fingerprint density at radius 3 is 2.80 bits per heavy atom. The van der Waals surface area contributed by atoms with Gasteiger partial charge in [0.25, 0.3) is 0 Å². The van der Waals surface area contributed by atoms with Crippen LogP contribution in [0.4, 0.5) is 5.69 Å². The van der Waals surface area contributed by atoms with Crippen molar-refractivity contribution >= 4 is 11.5 Å². The van der Waals surface area contributed by atoms with Crippen molar-refractivity contribution in [3.63, 3.8) is 0 Å². The van der Waals surface area contributed by atoms with Crippen molar-refractivity contribution in [3.8, 4) is 0 Å². The molecule has 0 radical (unpaired) electrons. The molecule has 1 aromatic heterocycles. The quantitative estimate of drug-likeness (QED) is 0.648. The first-order valence-corrected chi connectivity index (χ1v) is 9.00. The van der Waals surface area contributed by atoms with Gasteiger partial charge in [-0.15, -0.1) is 0 Å². The molecule has 2 rings (SSSR count). The van der Waals surface area contributed by atoms with Crippen LogP contribution in [-0.4, -0.2) is 30.4 Å². The molecule has 0 aliphatic carbocycles. The number of hydrogen-bond acceptors (Lipinski definition) is 4. The van der Waals surface area contributed by atoms with Gasteiger partial charge in [0.1, 0.15) is 5.78 Å². The number of nitrogens with zero attached hydrogens (tertiary/aromatic N) is 1. The summed E-state index contributed by atoms with van der Waals surface area (Å²) in [6.07, 6.45) is 3.40. The first kappa shape index (κ1) is 19.1. The van der Waals surface area contributed by atoms with Gasteiger partial charge < -0.3 is 10.6 Å². The van der Waals surface area contributed by atoms with E-state index in [9.17, 15) is 4.79 Å². The van der Waals surface area contributed by atoms with Crippen LogP contribution in [0.2, 0.25) is 0 Å². The van der Waals surface area contributed by atoms with Gasteiger partial charge in [-0.25, -0.2) is 0 Å². The van der Waals surface area contributed by atoms with E-state index in [1.807, 2.05) is 31.3 Å². The molecule has 4 nitrogen and oxygen atoms in total. The molecule has 1 aromatic carbocycles. The summed E-state index contributed by atoms with van der Waals surface area (Å²) < 4.78 is 0. The molecule has 25 heavy (non-hydrogen) atoms. The Balaban J connectivity index is 1.67. The Labute approximate surface area is 151 Å². The van der Waals surface area contributed by atoms with Gasteiger partial charge >= 0.3 is 0 Å². The SMILES string of the molecule is CC(=O)Cc1cccc(C(C)CNCCCNc2cccnc2C)c1. The number of ketones is 1. The third-order valence-corrected chi connectivity index (χ3v) is 4.28. The minimum absolute atomic E-state index is 0.208. The van der Waals surface area contributed by atoms with E-state index in [4.69, 9.17) is 0 Å². The highest BCUT2D eigenvalue weighted by molar-refractivity contribution is 5.78. The van der Waals surface area contributed by atoms with Gasteiger partial charge in [0, 0.05) is 25.7 Å². The maximum Gasteiger partial charge on any atom is 0.134 e. The van der Waals surface area contributed by atoms with Crippen LogP contribution < -0.4 is 10.6 Å². The van der Waals surface area contributed by atoms with Crippen molar-refractivity contribution < 1.29 is 4.79 Å². The average molecular weight is 339 g/mol. The second kappa shape index (κ2) is 9.94. The van der Waals surface area contributed by atoms with Gasteiger partial charge in [-0.2, -0.15) is 0 Å². The lowest BCUT2D eigenvalue weighted by atomic mass is 9.97. The fourth-order valence-corrected chi connectivity index (χ4v) is 2.84. The standard InChI is InChI=1S/C21H29N3O/c1-16(20-8-4-7-19(14-20)13-17(2)25)15-22-10-6-12-24-21-9-5-11-23-18(21)3/h4-5,7-9,11,14,16,22,24H,6,10,12-13,15H2,1-3H3. The van der Waals surface area contributed by atoms with Gasteiger partial charge in [0.15, 0.2) is 0 Å². The molecule has 0 fully saturated rings. The first-order valence-electron chi connectivity index (χ1n) is 9.00. The maximum absolute atomic E-state index is 11.3. The number of aromatic nitrogens is 1. The molecule has 2 aromatic rings. The second-order valence-electron chi connectivity index (χ2n) is 6.65. The Morgan fingerprint density at radius 2 is 2.04 bits per heavy atom. The minimum atomic E-state index is 0.208. The summed E-state index contributed by atoms with van der Waals surface area (Å²) in [6.45, 7) is 8.72.